The lowest BCUT2D eigenvalue weighted by Gasteiger charge is -2.13. The molecule has 0 radical (unpaired) electrons. The molecule has 1 N–H and O–H groups in total. The largest absolute Gasteiger partial charge is 0.444 e. The summed E-state index contributed by atoms with van der Waals surface area (Å²) in [4.78, 5) is 10.5. The summed E-state index contributed by atoms with van der Waals surface area (Å²) in [5.41, 5.74) is 0. The highest BCUT2D eigenvalue weighted by atomic mass is 16.6. The number of amides is 1. The number of carbonyl (C=O) groups is 1. The van der Waals surface area contributed by atoms with Gasteiger partial charge in [-0.25, -0.2) is 4.79 Å². The molecule has 1 fully saturated rings. The fraction of sp³-hybridized carbons (Fsp3) is 0.857. The average molecular weight is 143 g/mol. The molecular formula is C7H13NO2. The maximum absolute atomic E-state index is 10.5. The molecule has 1 aliphatic heterocycles. The Balaban J connectivity index is 2.36. The molecule has 10 heavy (non-hydrogen) atoms. The van der Waals surface area contributed by atoms with Crippen molar-refractivity contribution in [1.82, 2.24) is 5.32 Å². The van der Waals surface area contributed by atoms with Crippen LogP contribution in [0.2, 0.25) is 0 Å². The van der Waals surface area contributed by atoms with Crippen LogP contribution in [0.3, 0.4) is 0 Å². The van der Waals surface area contributed by atoms with Gasteiger partial charge in [0.25, 0.3) is 0 Å². The van der Waals surface area contributed by atoms with Crippen LogP contribution >= 0.6 is 0 Å². The molecule has 3 nitrogen and oxygen atoms in total. The number of alkyl carbamates (subject to hydrolysis) is 1. The van der Waals surface area contributed by atoms with E-state index >= 15 is 0 Å². The van der Waals surface area contributed by atoms with Crippen LogP contribution in [0.5, 0.6) is 0 Å². The third-order valence-electron chi connectivity index (χ3n) is 1.98. The third-order valence-corrected chi connectivity index (χ3v) is 1.98. The zero-order valence-electron chi connectivity index (χ0n) is 6.39. The van der Waals surface area contributed by atoms with Gasteiger partial charge in [0, 0.05) is 0 Å². The highest BCUT2D eigenvalue weighted by Gasteiger charge is 2.26. The van der Waals surface area contributed by atoms with Crippen molar-refractivity contribution in [3.63, 3.8) is 0 Å². The van der Waals surface area contributed by atoms with Crippen molar-refractivity contribution in [2.75, 3.05) is 6.54 Å². The first-order valence-corrected chi connectivity index (χ1v) is 3.68. The summed E-state index contributed by atoms with van der Waals surface area (Å²) in [5, 5.41) is 2.62. The first-order valence-electron chi connectivity index (χ1n) is 3.68. The Morgan fingerprint density at radius 3 is 3.00 bits per heavy atom. The number of hydrogen-bond donors (Lipinski definition) is 1. The van der Waals surface area contributed by atoms with Crippen molar-refractivity contribution in [2.45, 2.75) is 26.4 Å². The van der Waals surface area contributed by atoms with E-state index in [4.69, 9.17) is 4.74 Å². The van der Waals surface area contributed by atoms with Crippen LogP contribution < -0.4 is 5.32 Å². The van der Waals surface area contributed by atoms with E-state index < -0.39 is 0 Å². The Hall–Kier alpha value is -0.730. The Morgan fingerprint density at radius 2 is 2.60 bits per heavy atom. The summed E-state index contributed by atoms with van der Waals surface area (Å²) in [6.45, 7) is 4.86. The molecule has 1 amide bonds. The second-order valence-corrected chi connectivity index (χ2v) is 2.71. The van der Waals surface area contributed by atoms with E-state index in [0.717, 1.165) is 6.42 Å². The lowest BCUT2D eigenvalue weighted by molar-refractivity contribution is 0.109. The van der Waals surface area contributed by atoms with Gasteiger partial charge in [-0.3, -0.25) is 0 Å². The van der Waals surface area contributed by atoms with Gasteiger partial charge in [-0.05, 0) is 12.3 Å². The standard InChI is InChI=1S/C7H13NO2/c1-3-5(2)6-4-8-7(9)10-6/h5-6H,3-4H2,1-2H3,(H,8,9). The molecule has 1 aliphatic rings. The predicted molar refractivity (Wildman–Crippen MR) is 37.7 cm³/mol. The van der Waals surface area contributed by atoms with Crippen molar-refractivity contribution in [3.8, 4) is 0 Å². The second-order valence-electron chi connectivity index (χ2n) is 2.71. The summed E-state index contributed by atoms with van der Waals surface area (Å²) in [5.74, 6) is 0.471. The van der Waals surface area contributed by atoms with Crippen LogP contribution in [0.1, 0.15) is 20.3 Å². The number of rotatable bonds is 2. The van der Waals surface area contributed by atoms with Crippen LogP contribution in [-0.4, -0.2) is 18.7 Å². The Kier molecular flexibility index (Phi) is 2.14. The predicted octanol–water partition coefficient (Wildman–Crippen LogP) is 1.14. The Labute approximate surface area is 60.7 Å². The maximum atomic E-state index is 10.5. The molecule has 0 spiro atoms. The summed E-state index contributed by atoms with van der Waals surface area (Å²) in [7, 11) is 0. The first kappa shape index (κ1) is 7.38. The van der Waals surface area contributed by atoms with E-state index in [1.54, 1.807) is 0 Å². The Bertz CT molecular complexity index is 136. The quantitative estimate of drug-likeness (QED) is 0.629. The number of ether oxygens (including phenoxy) is 1. The lowest BCUT2D eigenvalue weighted by Crippen LogP contribution is -2.21. The maximum Gasteiger partial charge on any atom is 0.407 e. The van der Waals surface area contributed by atoms with Gasteiger partial charge in [0.2, 0.25) is 0 Å². The molecule has 0 aliphatic carbocycles. The van der Waals surface area contributed by atoms with E-state index in [2.05, 4.69) is 19.2 Å². The van der Waals surface area contributed by atoms with Crippen molar-refractivity contribution in [1.29, 1.82) is 0 Å². The number of cyclic esters (lactones) is 1. The molecule has 0 bridgehead atoms. The molecule has 0 aromatic carbocycles. The normalized spacial score (nSPS) is 27.4. The minimum Gasteiger partial charge on any atom is -0.444 e. The number of carbonyl (C=O) groups excluding carboxylic acids is 1. The fourth-order valence-corrected chi connectivity index (χ4v) is 0.985. The zero-order chi connectivity index (χ0) is 7.56. The van der Waals surface area contributed by atoms with Crippen molar-refractivity contribution in [2.24, 2.45) is 5.92 Å². The van der Waals surface area contributed by atoms with Crippen LogP contribution in [0.4, 0.5) is 4.79 Å². The Morgan fingerprint density at radius 1 is 1.90 bits per heavy atom. The fourth-order valence-electron chi connectivity index (χ4n) is 0.985. The topological polar surface area (TPSA) is 38.3 Å². The van der Waals surface area contributed by atoms with Crippen molar-refractivity contribution >= 4 is 6.09 Å². The summed E-state index contributed by atoms with van der Waals surface area (Å²) in [6.07, 6.45) is 0.877. The monoisotopic (exact) mass is 143 g/mol. The van der Waals surface area contributed by atoms with Gasteiger partial charge in [-0.15, -0.1) is 0 Å². The van der Waals surface area contributed by atoms with E-state index in [0.29, 0.717) is 12.5 Å². The molecule has 0 saturated carbocycles. The number of hydrogen-bond acceptors (Lipinski definition) is 2. The number of nitrogens with one attached hydrogen (secondary N) is 1. The smallest absolute Gasteiger partial charge is 0.407 e. The minimum atomic E-state index is -0.273. The molecule has 3 heteroatoms. The first-order chi connectivity index (χ1) is 4.74. The molecule has 0 aromatic heterocycles. The SMILES string of the molecule is CCC(C)C1CNC(=O)O1. The van der Waals surface area contributed by atoms with Crippen LogP contribution in [0.15, 0.2) is 0 Å². The van der Waals surface area contributed by atoms with Crippen LogP contribution in [-0.2, 0) is 4.74 Å². The molecule has 2 unspecified atom stereocenters. The molecule has 1 saturated heterocycles. The van der Waals surface area contributed by atoms with E-state index in [1.807, 2.05) is 0 Å². The molecule has 1 heterocycles. The summed E-state index contributed by atoms with van der Waals surface area (Å²) < 4.78 is 4.96. The van der Waals surface area contributed by atoms with Crippen molar-refractivity contribution < 1.29 is 9.53 Å². The zero-order valence-corrected chi connectivity index (χ0v) is 6.39. The summed E-state index contributed by atoms with van der Waals surface area (Å²) in [6, 6.07) is 0. The molecule has 2 atom stereocenters. The molecule has 58 valence electrons. The van der Waals surface area contributed by atoms with E-state index in [-0.39, 0.29) is 12.2 Å². The highest BCUT2D eigenvalue weighted by Crippen LogP contribution is 2.14. The third kappa shape index (κ3) is 1.40. The van der Waals surface area contributed by atoms with Gasteiger partial charge in [0.05, 0.1) is 6.54 Å². The van der Waals surface area contributed by atoms with E-state index in [9.17, 15) is 4.79 Å². The van der Waals surface area contributed by atoms with Crippen molar-refractivity contribution in [3.05, 3.63) is 0 Å². The highest BCUT2D eigenvalue weighted by molar-refractivity contribution is 5.69. The van der Waals surface area contributed by atoms with E-state index in [1.165, 1.54) is 0 Å². The minimum absolute atomic E-state index is 0.0949. The van der Waals surface area contributed by atoms with Gasteiger partial charge in [0.1, 0.15) is 6.10 Å². The second kappa shape index (κ2) is 2.90. The molecule has 1 rings (SSSR count). The van der Waals surface area contributed by atoms with Gasteiger partial charge in [-0.1, -0.05) is 13.8 Å². The molecular weight excluding hydrogens is 130 g/mol. The van der Waals surface area contributed by atoms with Gasteiger partial charge >= 0.3 is 6.09 Å². The van der Waals surface area contributed by atoms with Gasteiger partial charge < -0.3 is 10.1 Å². The summed E-state index contributed by atoms with van der Waals surface area (Å²) >= 11 is 0. The average Bonchev–Trinajstić information content (AvgIpc) is 2.34. The van der Waals surface area contributed by atoms with Gasteiger partial charge in [-0.2, -0.15) is 0 Å². The molecule has 0 aromatic rings. The van der Waals surface area contributed by atoms with Gasteiger partial charge in [0.15, 0.2) is 0 Å². The lowest BCUT2D eigenvalue weighted by atomic mass is 10.0. The van der Waals surface area contributed by atoms with Crippen LogP contribution in [0.25, 0.3) is 0 Å². The van der Waals surface area contributed by atoms with Crippen LogP contribution in [0, 0.1) is 5.92 Å².